The van der Waals surface area contributed by atoms with Gasteiger partial charge in [-0.15, -0.1) is 0 Å². The van der Waals surface area contributed by atoms with Gasteiger partial charge in [0.1, 0.15) is 0 Å². The summed E-state index contributed by atoms with van der Waals surface area (Å²) in [5, 5.41) is 0. The van der Waals surface area contributed by atoms with Crippen LogP contribution in [-0.2, 0) is 11.2 Å². The van der Waals surface area contributed by atoms with Gasteiger partial charge in [-0.05, 0) is 23.5 Å². The maximum atomic E-state index is 6.38. The zero-order valence-corrected chi connectivity index (χ0v) is 14.1. The lowest BCUT2D eigenvalue weighted by molar-refractivity contribution is 0.136. The van der Waals surface area contributed by atoms with E-state index in [1.165, 1.54) is 17.5 Å². The van der Waals surface area contributed by atoms with Crippen LogP contribution in [0, 0.1) is 5.92 Å². The van der Waals surface area contributed by atoms with Crippen LogP contribution in [0.3, 0.4) is 0 Å². The van der Waals surface area contributed by atoms with Gasteiger partial charge in [-0.1, -0.05) is 51.5 Å². The lowest BCUT2D eigenvalue weighted by atomic mass is 10.0. The zero-order valence-electron chi connectivity index (χ0n) is 14.1. The van der Waals surface area contributed by atoms with Crippen molar-refractivity contribution in [2.45, 2.75) is 39.7 Å². The molecule has 0 heterocycles. The monoisotopic (exact) mass is 292 g/mol. The van der Waals surface area contributed by atoms with E-state index in [1.54, 1.807) is 7.11 Å². The summed E-state index contributed by atoms with van der Waals surface area (Å²) >= 11 is 0. The number of nitrogens with zero attached hydrogens (tertiary/aromatic N) is 1. The summed E-state index contributed by atoms with van der Waals surface area (Å²) in [5.41, 5.74) is 9.00. The Balaban J connectivity index is 2.60. The Kier molecular flexibility index (Phi) is 8.58. The predicted molar refractivity (Wildman–Crippen MR) is 90.5 cm³/mol. The van der Waals surface area contributed by atoms with E-state index >= 15 is 0 Å². The number of methoxy groups -OCH3 is 1. The van der Waals surface area contributed by atoms with Gasteiger partial charge in [0, 0.05) is 32.8 Å². The molecular formula is C18H32N2O. The van der Waals surface area contributed by atoms with Gasteiger partial charge in [-0.2, -0.15) is 0 Å². The van der Waals surface area contributed by atoms with E-state index in [-0.39, 0.29) is 6.04 Å². The van der Waals surface area contributed by atoms with Crippen molar-refractivity contribution in [2.24, 2.45) is 11.7 Å². The summed E-state index contributed by atoms with van der Waals surface area (Å²) in [6.45, 7) is 10.3. The van der Waals surface area contributed by atoms with Crippen LogP contribution >= 0.6 is 0 Å². The Morgan fingerprint density at radius 1 is 1.14 bits per heavy atom. The summed E-state index contributed by atoms with van der Waals surface area (Å²) in [5.74, 6) is 0.640. The Hall–Kier alpha value is -0.900. The van der Waals surface area contributed by atoms with Crippen LogP contribution < -0.4 is 5.73 Å². The first kappa shape index (κ1) is 18.1. The third kappa shape index (κ3) is 7.07. The van der Waals surface area contributed by atoms with E-state index in [9.17, 15) is 0 Å². The van der Waals surface area contributed by atoms with E-state index in [0.717, 1.165) is 32.7 Å². The Bertz CT molecular complexity index is 375. The van der Waals surface area contributed by atoms with Crippen LogP contribution in [0.15, 0.2) is 24.3 Å². The fraction of sp³-hybridized carbons (Fsp3) is 0.667. The minimum absolute atomic E-state index is 0.0660. The highest BCUT2D eigenvalue weighted by Crippen LogP contribution is 2.15. The Labute approximate surface area is 130 Å². The molecule has 3 heteroatoms. The first-order valence-corrected chi connectivity index (χ1v) is 8.12. The van der Waals surface area contributed by atoms with Crippen molar-refractivity contribution >= 4 is 0 Å². The van der Waals surface area contributed by atoms with Gasteiger partial charge < -0.3 is 10.5 Å². The van der Waals surface area contributed by atoms with Crippen molar-refractivity contribution < 1.29 is 4.74 Å². The third-order valence-electron chi connectivity index (χ3n) is 3.64. The SMILES string of the molecule is CCCc1ccc(C(N)CN(CCOC)CC(C)C)cc1. The summed E-state index contributed by atoms with van der Waals surface area (Å²) < 4.78 is 5.20. The average molecular weight is 292 g/mol. The van der Waals surface area contributed by atoms with E-state index in [1.807, 2.05) is 0 Å². The fourth-order valence-corrected chi connectivity index (χ4v) is 2.60. The number of hydrogen-bond donors (Lipinski definition) is 1. The van der Waals surface area contributed by atoms with Gasteiger partial charge in [0.05, 0.1) is 6.61 Å². The van der Waals surface area contributed by atoms with Gasteiger partial charge in [-0.25, -0.2) is 0 Å². The first-order valence-electron chi connectivity index (χ1n) is 8.12. The van der Waals surface area contributed by atoms with Crippen molar-refractivity contribution in [3.8, 4) is 0 Å². The second-order valence-electron chi connectivity index (χ2n) is 6.24. The molecule has 0 saturated carbocycles. The second-order valence-corrected chi connectivity index (χ2v) is 6.24. The minimum Gasteiger partial charge on any atom is -0.383 e. The van der Waals surface area contributed by atoms with Crippen LogP contribution in [0.5, 0.6) is 0 Å². The molecule has 21 heavy (non-hydrogen) atoms. The van der Waals surface area contributed by atoms with Crippen molar-refractivity contribution in [3.05, 3.63) is 35.4 Å². The van der Waals surface area contributed by atoms with E-state index < -0.39 is 0 Å². The number of hydrogen-bond acceptors (Lipinski definition) is 3. The summed E-state index contributed by atoms with van der Waals surface area (Å²) in [6.07, 6.45) is 2.33. The highest BCUT2D eigenvalue weighted by atomic mass is 16.5. The van der Waals surface area contributed by atoms with E-state index in [4.69, 9.17) is 10.5 Å². The summed E-state index contributed by atoms with van der Waals surface area (Å²) in [6, 6.07) is 8.84. The van der Waals surface area contributed by atoms with Gasteiger partial charge in [0.25, 0.3) is 0 Å². The number of benzene rings is 1. The average Bonchev–Trinajstić information content (AvgIpc) is 2.45. The van der Waals surface area contributed by atoms with Crippen LogP contribution in [-0.4, -0.2) is 38.3 Å². The molecule has 0 radical (unpaired) electrons. The maximum Gasteiger partial charge on any atom is 0.0589 e. The molecule has 1 aromatic carbocycles. The second kappa shape index (κ2) is 9.93. The molecule has 0 aromatic heterocycles. The smallest absolute Gasteiger partial charge is 0.0589 e. The van der Waals surface area contributed by atoms with E-state index in [2.05, 4.69) is 49.9 Å². The molecule has 0 saturated heterocycles. The zero-order chi connectivity index (χ0) is 15.7. The maximum absolute atomic E-state index is 6.38. The van der Waals surface area contributed by atoms with Crippen molar-refractivity contribution in [2.75, 3.05) is 33.4 Å². The van der Waals surface area contributed by atoms with E-state index in [0.29, 0.717) is 5.92 Å². The third-order valence-corrected chi connectivity index (χ3v) is 3.64. The van der Waals surface area contributed by atoms with Crippen LogP contribution in [0.4, 0.5) is 0 Å². The fourth-order valence-electron chi connectivity index (χ4n) is 2.60. The molecule has 0 aliphatic carbocycles. The normalized spacial score (nSPS) is 13.1. The molecule has 0 spiro atoms. The van der Waals surface area contributed by atoms with Gasteiger partial charge in [0.15, 0.2) is 0 Å². The number of ether oxygens (including phenoxy) is 1. The van der Waals surface area contributed by atoms with Gasteiger partial charge in [-0.3, -0.25) is 4.90 Å². The largest absolute Gasteiger partial charge is 0.383 e. The Morgan fingerprint density at radius 2 is 1.81 bits per heavy atom. The molecule has 2 N–H and O–H groups in total. The molecule has 1 atom stereocenters. The van der Waals surface area contributed by atoms with Crippen molar-refractivity contribution in [3.63, 3.8) is 0 Å². The molecule has 0 aliphatic rings. The summed E-state index contributed by atoms with van der Waals surface area (Å²) in [7, 11) is 1.75. The first-order chi connectivity index (χ1) is 10.1. The van der Waals surface area contributed by atoms with Gasteiger partial charge >= 0.3 is 0 Å². The minimum atomic E-state index is 0.0660. The topological polar surface area (TPSA) is 38.5 Å². The molecule has 1 rings (SSSR count). The standard InChI is InChI=1S/C18H32N2O/c1-5-6-16-7-9-17(10-8-16)18(19)14-20(11-12-21-4)13-15(2)3/h7-10,15,18H,5-6,11-14,19H2,1-4H3. The molecule has 0 bridgehead atoms. The molecular weight excluding hydrogens is 260 g/mol. The molecule has 1 aromatic rings. The lowest BCUT2D eigenvalue weighted by Crippen LogP contribution is -2.37. The van der Waals surface area contributed by atoms with Gasteiger partial charge in [0.2, 0.25) is 0 Å². The number of aryl methyl sites for hydroxylation is 1. The molecule has 0 fully saturated rings. The molecule has 0 aliphatic heterocycles. The van der Waals surface area contributed by atoms with Crippen LogP contribution in [0.1, 0.15) is 44.4 Å². The molecule has 0 amide bonds. The molecule has 3 nitrogen and oxygen atoms in total. The van der Waals surface area contributed by atoms with Crippen molar-refractivity contribution in [1.29, 1.82) is 0 Å². The number of rotatable bonds is 10. The number of nitrogens with two attached hydrogens (primary N) is 1. The molecule has 120 valence electrons. The highest BCUT2D eigenvalue weighted by Gasteiger charge is 2.13. The van der Waals surface area contributed by atoms with Crippen molar-refractivity contribution in [1.82, 2.24) is 4.90 Å². The van der Waals surface area contributed by atoms with Crippen LogP contribution in [0.2, 0.25) is 0 Å². The molecule has 1 unspecified atom stereocenters. The lowest BCUT2D eigenvalue weighted by Gasteiger charge is -2.27. The van der Waals surface area contributed by atoms with Crippen LogP contribution in [0.25, 0.3) is 0 Å². The quantitative estimate of drug-likeness (QED) is 0.719. The Morgan fingerprint density at radius 3 is 2.33 bits per heavy atom. The predicted octanol–water partition coefficient (Wildman–Crippen LogP) is 3.24. The summed E-state index contributed by atoms with van der Waals surface area (Å²) in [4.78, 5) is 2.40. The highest BCUT2D eigenvalue weighted by molar-refractivity contribution is 5.25.